The van der Waals surface area contributed by atoms with Crippen LogP contribution in [-0.2, 0) is 9.53 Å². The smallest absolute Gasteiger partial charge is 0.311 e. The Hall–Kier alpha value is -2.31. The standard InChI is InChI=1S/C18H18N2O3S/c1-12-4-6-13(7-5-12)16-19-17(21)18(23-3,24-16)20-14-8-10-15(22-2)11-9-14/h4-11,20H,1-3H3. The van der Waals surface area contributed by atoms with E-state index in [1.807, 2.05) is 55.5 Å². The Bertz CT molecular complexity index is 772. The number of anilines is 1. The largest absolute Gasteiger partial charge is 0.497 e. The van der Waals surface area contributed by atoms with Gasteiger partial charge in [-0.3, -0.25) is 4.79 Å². The molecule has 0 saturated carbocycles. The van der Waals surface area contributed by atoms with Crippen LogP contribution < -0.4 is 10.1 Å². The number of aryl methyl sites for hydroxylation is 1. The third kappa shape index (κ3) is 3.16. The van der Waals surface area contributed by atoms with Gasteiger partial charge in [-0.1, -0.05) is 29.8 Å². The van der Waals surface area contributed by atoms with E-state index in [1.54, 1.807) is 7.11 Å². The molecule has 1 aliphatic heterocycles. The Labute approximate surface area is 145 Å². The predicted molar refractivity (Wildman–Crippen MR) is 96.7 cm³/mol. The maximum Gasteiger partial charge on any atom is 0.311 e. The number of nitrogens with zero attached hydrogens (tertiary/aromatic N) is 1. The monoisotopic (exact) mass is 342 g/mol. The lowest BCUT2D eigenvalue weighted by molar-refractivity contribution is -0.127. The van der Waals surface area contributed by atoms with Crippen molar-refractivity contribution in [1.29, 1.82) is 0 Å². The number of benzene rings is 2. The second-order valence-electron chi connectivity index (χ2n) is 5.36. The van der Waals surface area contributed by atoms with Gasteiger partial charge in [0.05, 0.1) is 7.11 Å². The average molecular weight is 342 g/mol. The van der Waals surface area contributed by atoms with Crippen molar-refractivity contribution in [3.63, 3.8) is 0 Å². The molecule has 0 aromatic heterocycles. The Kier molecular flexibility index (Phi) is 4.59. The topological polar surface area (TPSA) is 59.9 Å². The summed E-state index contributed by atoms with van der Waals surface area (Å²) in [6.45, 7) is 2.02. The first-order valence-corrected chi connectivity index (χ1v) is 8.24. The molecule has 6 heteroatoms. The van der Waals surface area contributed by atoms with Gasteiger partial charge in [0.2, 0.25) is 0 Å². The molecule has 24 heavy (non-hydrogen) atoms. The number of methoxy groups -OCH3 is 2. The van der Waals surface area contributed by atoms with Gasteiger partial charge in [0.25, 0.3) is 5.06 Å². The molecule has 124 valence electrons. The molecule has 5 nitrogen and oxygen atoms in total. The van der Waals surface area contributed by atoms with Crippen molar-refractivity contribution in [2.45, 2.75) is 12.0 Å². The normalized spacial score (nSPS) is 20.0. The van der Waals surface area contributed by atoms with Crippen molar-refractivity contribution in [2.75, 3.05) is 19.5 Å². The number of rotatable bonds is 5. The minimum atomic E-state index is -1.26. The summed E-state index contributed by atoms with van der Waals surface area (Å²) >= 11 is 1.27. The highest BCUT2D eigenvalue weighted by Crippen LogP contribution is 2.38. The molecule has 1 atom stereocenters. The second-order valence-corrected chi connectivity index (χ2v) is 6.53. The van der Waals surface area contributed by atoms with Crippen LogP contribution in [0.4, 0.5) is 5.69 Å². The molecule has 1 unspecified atom stereocenters. The van der Waals surface area contributed by atoms with Crippen LogP contribution in [0.25, 0.3) is 0 Å². The number of aliphatic imine (C=N–C) groups is 1. The van der Waals surface area contributed by atoms with Gasteiger partial charge in [-0.25, -0.2) is 4.99 Å². The van der Waals surface area contributed by atoms with E-state index in [4.69, 9.17) is 9.47 Å². The molecule has 1 N–H and O–H groups in total. The summed E-state index contributed by atoms with van der Waals surface area (Å²) in [4.78, 5) is 16.7. The summed E-state index contributed by atoms with van der Waals surface area (Å²) in [6.07, 6.45) is 0. The lowest BCUT2D eigenvalue weighted by Gasteiger charge is -2.26. The van der Waals surface area contributed by atoms with E-state index in [2.05, 4.69) is 10.3 Å². The second kappa shape index (κ2) is 6.67. The summed E-state index contributed by atoms with van der Waals surface area (Å²) in [5.41, 5.74) is 2.80. The molecule has 2 aromatic carbocycles. The Morgan fingerprint density at radius 3 is 2.29 bits per heavy atom. The number of ether oxygens (including phenoxy) is 2. The van der Waals surface area contributed by atoms with Crippen LogP contribution >= 0.6 is 11.8 Å². The number of hydrogen-bond donors (Lipinski definition) is 1. The van der Waals surface area contributed by atoms with Crippen molar-refractivity contribution in [2.24, 2.45) is 4.99 Å². The van der Waals surface area contributed by atoms with Crippen molar-refractivity contribution < 1.29 is 14.3 Å². The zero-order valence-electron chi connectivity index (χ0n) is 13.7. The SMILES string of the molecule is COc1ccc(NC2(OC)SC(c3ccc(C)cc3)=NC2=O)cc1. The van der Waals surface area contributed by atoms with E-state index in [0.717, 1.165) is 22.6 Å². The van der Waals surface area contributed by atoms with E-state index < -0.39 is 5.06 Å². The molecule has 0 fully saturated rings. The molecule has 0 radical (unpaired) electrons. The third-order valence-electron chi connectivity index (χ3n) is 3.71. The Morgan fingerprint density at radius 1 is 1.04 bits per heavy atom. The zero-order chi connectivity index (χ0) is 17.2. The molecule has 1 heterocycles. The van der Waals surface area contributed by atoms with Gasteiger partial charge < -0.3 is 14.8 Å². The van der Waals surface area contributed by atoms with Gasteiger partial charge in [0, 0.05) is 18.4 Å². The molecule has 0 saturated heterocycles. The first kappa shape index (κ1) is 16.5. The molecule has 1 aliphatic rings. The van der Waals surface area contributed by atoms with Gasteiger partial charge in [0.1, 0.15) is 10.8 Å². The summed E-state index contributed by atoms with van der Waals surface area (Å²) in [6, 6.07) is 15.2. The minimum absolute atomic E-state index is 0.360. The maximum atomic E-state index is 12.5. The first-order valence-electron chi connectivity index (χ1n) is 7.43. The third-order valence-corrected chi connectivity index (χ3v) is 4.96. The van der Waals surface area contributed by atoms with E-state index in [-0.39, 0.29) is 5.91 Å². The highest BCUT2D eigenvalue weighted by molar-refractivity contribution is 8.16. The summed E-state index contributed by atoms with van der Waals surface area (Å²) < 4.78 is 10.6. The van der Waals surface area contributed by atoms with Gasteiger partial charge in [-0.05, 0) is 43.0 Å². The highest BCUT2D eigenvalue weighted by atomic mass is 32.2. The van der Waals surface area contributed by atoms with Crippen LogP contribution in [0, 0.1) is 6.92 Å². The van der Waals surface area contributed by atoms with Crippen LogP contribution in [0.1, 0.15) is 11.1 Å². The number of carbonyl (C=O) groups excluding carboxylic acids is 1. The number of hydrogen-bond acceptors (Lipinski definition) is 5. The van der Waals surface area contributed by atoms with Gasteiger partial charge in [-0.2, -0.15) is 0 Å². The van der Waals surface area contributed by atoms with E-state index >= 15 is 0 Å². The van der Waals surface area contributed by atoms with Gasteiger partial charge in [0.15, 0.2) is 0 Å². The van der Waals surface area contributed by atoms with Crippen LogP contribution in [0.5, 0.6) is 5.75 Å². The summed E-state index contributed by atoms with van der Waals surface area (Å²) in [5.74, 6) is 0.385. The Balaban J connectivity index is 1.83. The van der Waals surface area contributed by atoms with E-state index in [1.165, 1.54) is 18.9 Å². The van der Waals surface area contributed by atoms with Crippen molar-refractivity contribution in [1.82, 2.24) is 0 Å². The molecule has 0 aliphatic carbocycles. The number of amides is 1. The number of thioether (sulfide) groups is 1. The maximum absolute atomic E-state index is 12.5. The molecule has 0 spiro atoms. The fourth-order valence-corrected chi connectivity index (χ4v) is 3.35. The lowest BCUT2D eigenvalue weighted by Crippen LogP contribution is -2.42. The van der Waals surface area contributed by atoms with Gasteiger partial charge >= 0.3 is 5.91 Å². The van der Waals surface area contributed by atoms with Crippen molar-refractivity contribution in [3.8, 4) is 5.75 Å². The highest BCUT2D eigenvalue weighted by Gasteiger charge is 2.46. The predicted octanol–water partition coefficient (Wildman–Crippen LogP) is 3.44. The van der Waals surface area contributed by atoms with E-state index in [9.17, 15) is 4.79 Å². The minimum Gasteiger partial charge on any atom is -0.497 e. The molecule has 3 rings (SSSR count). The first-order chi connectivity index (χ1) is 11.6. The van der Waals surface area contributed by atoms with Crippen LogP contribution in [-0.4, -0.2) is 30.2 Å². The van der Waals surface area contributed by atoms with Gasteiger partial charge in [-0.15, -0.1) is 0 Å². The molecular formula is C18H18N2O3S. The van der Waals surface area contributed by atoms with Crippen LogP contribution in [0.2, 0.25) is 0 Å². The van der Waals surface area contributed by atoms with Crippen molar-refractivity contribution >= 4 is 28.4 Å². The average Bonchev–Trinajstić information content (AvgIpc) is 2.93. The number of nitrogens with one attached hydrogen (secondary N) is 1. The summed E-state index contributed by atoms with van der Waals surface area (Å²) in [5, 5.41) is 2.52. The quantitative estimate of drug-likeness (QED) is 0.844. The zero-order valence-corrected chi connectivity index (χ0v) is 14.5. The van der Waals surface area contributed by atoms with Crippen LogP contribution in [0.3, 0.4) is 0 Å². The Morgan fingerprint density at radius 2 is 1.71 bits per heavy atom. The molecule has 1 amide bonds. The van der Waals surface area contributed by atoms with E-state index in [0.29, 0.717) is 5.04 Å². The molecular weight excluding hydrogens is 324 g/mol. The molecule has 0 bridgehead atoms. The van der Waals surface area contributed by atoms with Crippen LogP contribution in [0.15, 0.2) is 53.5 Å². The fraction of sp³-hybridized carbons (Fsp3) is 0.222. The fourth-order valence-electron chi connectivity index (χ4n) is 2.31. The van der Waals surface area contributed by atoms with Crippen molar-refractivity contribution in [3.05, 3.63) is 59.7 Å². The summed E-state index contributed by atoms with van der Waals surface area (Å²) in [7, 11) is 3.10. The molecule has 2 aromatic rings. The lowest BCUT2D eigenvalue weighted by atomic mass is 10.2. The number of carbonyl (C=O) groups is 1.